The molecule has 1 aromatic heterocycles. The normalized spacial score (nSPS) is 10.3. The Bertz CT molecular complexity index is 630. The summed E-state index contributed by atoms with van der Waals surface area (Å²) in [5.74, 6) is -0.245. The van der Waals surface area contributed by atoms with Crippen molar-refractivity contribution in [3.05, 3.63) is 38.3 Å². The third kappa shape index (κ3) is 3.12. The lowest BCUT2D eigenvalue weighted by Crippen LogP contribution is -1.98. The third-order valence-electron chi connectivity index (χ3n) is 2.05. The smallest absolute Gasteiger partial charge is 0.351 e. The molecule has 0 aliphatic heterocycles. The first-order valence-corrected chi connectivity index (χ1v) is 6.84. The predicted octanol–water partition coefficient (Wildman–Crippen LogP) is 4.68. The highest BCUT2D eigenvalue weighted by Gasteiger charge is 2.19. The summed E-state index contributed by atoms with van der Waals surface area (Å²) in [5.41, 5.74) is 0. The molecule has 0 saturated carbocycles. The summed E-state index contributed by atoms with van der Waals surface area (Å²) in [6.45, 7) is 0. The van der Waals surface area contributed by atoms with Crippen LogP contribution in [0.15, 0.2) is 18.2 Å². The molecule has 0 saturated heterocycles. The van der Waals surface area contributed by atoms with Gasteiger partial charge in [0.15, 0.2) is 10.0 Å². The number of carbonyl (C=O) groups is 1. The largest absolute Gasteiger partial charge is 0.465 e. The van der Waals surface area contributed by atoms with Crippen LogP contribution in [0.3, 0.4) is 0 Å². The van der Waals surface area contributed by atoms with Crippen molar-refractivity contribution < 1.29 is 14.3 Å². The third-order valence-corrected chi connectivity index (χ3v) is 4.15. The topological polar surface area (TPSA) is 48.4 Å². The van der Waals surface area contributed by atoms with Crippen molar-refractivity contribution in [3.63, 3.8) is 0 Å². The molecule has 0 aliphatic rings. The van der Waals surface area contributed by atoms with E-state index in [0.717, 1.165) is 11.3 Å². The zero-order valence-corrected chi connectivity index (χ0v) is 12.5. The van der Waals surface area contributed by atoms with E-state index in [1.807, 2.05) is 0 Å². The van der Waals surface area contributed by atoms with Crippen molar-refractivity contribution in [1.82, 2.24) is 4.98 Å². The Labute approximate surface area is 127 Å². The van der Waals surface area contributed by atoms with E-state index in [1.165, 1.54) is 7.11 Å². The summed E-state index contributed by atoms with van der Waals surface area (Å²) in [6, 6.07) is 4.94. The van der Waals surface area contributed by atoms with Crippen molar-refractivity contribution >= 4 is 52.1 Å². The van der Waals surface area contributed by atoms with Gasteiger partial charge in [0.25, 0.3) is 5.19 Å². The number of hydrogen-bond acceptors (Lipinski definition) is 5. The standard InChI is InChI=1S/C11H6Cl3NO3S/c1-17-10(16)8-9(14)15-11(19-8)18-6-4-2-3-5(12)7(6)13/h2-4H,1H3. The molecule has 0 radical (unpaired) electrons. The summed E-state index contributed by atoms with van der Waals surface area (Å²) in [7, 11) is 1.26. The summed E-state index contributed by atoms with van der Waals surface area (Å²) >= 11 is 18.6. The Kier molecular flexibility index (Phi) is 4.52. The molecule has 0 N–H and O–H groups in total. The van der Waals surface area contributed by atoms with Gasteiger partial charge in [-0.05, 0) is 12.1 Å². The van der Waals surface area contributed by atoms with Crippen LogP contribution in [0, 0.1) is 0 Å². The summed E-state index contributed by atoms with van der Waals surface area (Å²) < 4.78 is 10.0. The van der Waals surface area contributed by atoms with Gasteiger partial charge in [0, 0.05) is 0 Å². The maximum absolute atomic E-state index is 11.4. The fourth-order valence-electron chi connectivity index (χ4n) is 1.20. The lowest BCUT2D eigenvalue weighted by molar-refractivity contribution is 0.0606. The number of nitrogens with zero attached hydrogens (tertiary/aromatic N) is 1. The Hall–Kier alpha value is -1.01. The van der Waals surface area contributed by atoms with Crippen LogP contribution in [-0.4, -0.2) is 18.1 Å². The van der Waals surface area contributed by atoms with E-state index in [9.17, 15) is 4.79 Å². The second-order valence-corrected chi connectivity index (χ2v) is 5.35. The van der Waals surface area contributed by atoms with Crippen LogP contribution < -0.4 is 4.74 Å². The SMILES string of the molecule is COC(=O)c1sc(Oc2cccc(Cl)c2Cl)nc1Cl. The molecule has 0 unspecified atom stereocenters. The van der Waals surface area contributed by atoms with E-state index in [0.29, 0.717) is 10.8 Å². The van der Waals surface area contributed by atoms with Crippen LogP contribution in [0.4, 0.5) is 0 Å². The van der Waals surface area contributed by atoms with Crippen LogP contribution in [0.25, 0.3) is 0 Å². The van der Waals surface area contributed by atoms with Crippen LogP contribution >= 0.6 is 46.1 Å². The van der Waals surface area contributed by atoms with E-state index < -0.39 is 5.97 Å². The number of benzene rings is 1. The molecule has 2 aromatic rings. The molecule has 19 heavy (non-hydrogen) atoms. The minimum Gasteiger partial charge on any atom is -0.465 e. The first kappa shape index (κ1) is 14.4. The van der Waals surface area contributed by atoms with E-state index in [-0.39, 0.29) is 20.2 Å². The van der Waals surface area contributed by atoms with Crippen LogP contribution in [0.1, 0.15) is 9.67 Å². The van der Waals surface area contributed by atoms with E-state index in [2.05, 4.69) is 9.72 Å². The lowest BCUT2D eigenvalue weighted by Gasteiger charge is -2.04. The summed E-state index contributed by atoms with van der Waals surface area (Å²) in [5, 5.41) is 0.810. The van der Waals surface area contributed by atoms with E-state index in [1.54, 1.807) is 18.2 Å². The number of halogens is 3. The average Bonchev–Trinajstić information content (AvgIpc) is 2.75. The molecule has 0 amide bonds. The fourth-order valence-corrected chi connectivity index (χ4v) is 2.59. The Morgan fingerprint density at radius 2 is 2.05 bits per heavy atom. The molecule has 1 heterocycles. The highest BCUT2D eigenvalue weighted by Crippen LogP contribution is 2.37. The first-order valence-electron chi connectivity index (χ1n) is 4.89. The molecule has 8 heteroatoms. The zero-order chi connectivity index (χ0) is 14.0. The predicted molar refractivity (Wildman–Crippen MR) is 75.0 cm³/mol. The second-order valence-electron chi connectivity index (χ2n) is 3.25. The van der Waals surface area contributed by atoms with Gasteiger partial charge < -0.3 is 9.47 Å². The molecular weight excluding hydrogens is 333 g/mol. The van der Waals surface area contributed by atoms with Gasteiger partial charge in [-0.15, -0.1) is 0 Å². The van der Waals surface area contributed by atoms with Crippen molar-refractivity contribution in [2.75, 3.05) is 7.11 Å². The first-order chi connectivity index (χ1) is 9.02. The quantitative estimate of drug-likeness (QED) is 0.762. The van der Waals surface area contributed by atoms with Crippen molar-refractivity contribution in [1.29, 1.82) is 0 Å². The number of carbonyl (C=O) groups excluding carboxylic acids is 1. The van der Waals surface area contributed by atoms with Gasteiger partial charge in [-0.2, -0.15) is 4.98 Å². The summed E-state index contributed by atoms with van der Waals surface area (Å²) in [4.78, 5) is 15.5. The molecular formula is C11H6Cl3NO3S. The second kappa shape index (κ2) is 5.96. The zero-order valence-electron chi connectivity index (χ0n) is 9.45. The average molecular weight is 339 g/mol. The Balaban J connectivity index is 2.29. The van der Waals surface area contributed by atoms with Crippen LogP contribution in [0.2, 0.25) is 15.2 Å². The summed E-state index contributed by atoms with van der Waals surface area (Å²) in [6.07, 6.45) is 0. The van der Waals surface area contributed by atoms with Crippen LogP contribution in [-0.2, 0) is 4.74 Å². The molecule has 0 bridgehead atoms. The number of thiazole rings is 1. The minimum absolute atomic E-state index is 0.0185. The molecule has 4 nitrogen and oxygen atoms in total. The van der Waals surface area contributed by atoms with Crippen LogP contribution in [0.5, 0.6) is 10.9 Å². The minimum atomic E-state index is -0.574. The van der Waals surface area contributed by atoms with Crippen molar-refractivity contribution in [2.24, 2.45) is 0 Å². The molecule has 100 valence electrons. The number of ether oxygens (including phenoxy) is 2. The maximum Gasteiger partial charge on any atom is 0.351 e. The van der Waals surface area contributed by atoms with Gasteiger partial charge in [0.1, 0.15) is 10.8 Å². The number of aromatic nitrogens is 1. The molecule has 1 aromatic carbocycles. The molecule has 0 aliphatic carbocycles. The van der Waals surface area contributed by atoms with Crippen molar-refractivity contribution in [3.8, 4) is 10.9 Å². The van der Waals surface area contributed by atoms with Gasteiger partial charge in [-0.1, -0.05) is 52.2 Å². The molecule has 0 fully saturated rings. The molecule has 2 rings (SSSR count). The highest BCUT2D eigenvalue weighted by atomic mass is 35.5. The van der Waals surface area contributed by atoms with Gasteiger partial charge in [-0.3, -0.25) is 0 Å². The molecule has 0 spiro atoms. The number of rotatable bonds is 3. The highest BCUT2D eigenvalue weighted by molar-refractivity contribution is 7.15. The van der Waals surface area contributed by atoms with Gasteiger partial charge in [0.2, 0.25) is 0 Å². The monoisotopic (exact) mass is 337 g/mol. The molecule has 0 atom stereocenters. The number of hydrogen-bond donors (Lipinski definition) is 0. The van der Waals surface area contributed by atoms with Gasteiger partial charge in [0.05, 0.1) is 12.1 Å². The van der Waals surface area contributed by atoms with Gasteiger partial charge >= 0.3 is 5.97 Å². The lowest BCUT2D eigenvalue weighted by atomic mass is 10.3. The Morgan fingerprint density at radius 3 is 2.74 bits per heavy atom. The van der Waals surface area contributed by atoms with E-state index >= 15 is 0 Å². The van der Waals surface area contributed by atoms with E-state index in [4.69, 9.17) is 39.5 Å². The van der Waals surface area contributed by atoms with Crippen molar-refractivity contribution in [2.45, 2.75) is 0 Å². The maximum atomic E-state index is 11.4. The van der Waals surface area contributed by atoms with Gasteiger partial charge in [-0.25, -0.2) is 4.79 Å². The number of esters is 1. The fraction of sp³-hybridized carbons (Fsp3) is 0.0909. The number of methoxy groups -OCH3 is 1. The Morgan fingerprint density at radius 1 is 1.32 bits per heavy atom.